The lowest BCUT2D eigenvalue weighted by Crippen LogP contribution is -2.17. The molecule has 0 spiro atoms. The first-order chi connectivity index (χ1) is 9.11. The van der Waals surface area contributed by atoms with Crippen LogP contribution < -0.4 is 0 Å². The van der Waals surface area contributed by atoms with Gasteiger partial charge in [0.2, 0.25) is 5.76 Å². The van der Waals surface area contributed by atoms with Crippen LogP contribution in [0.3, 0.4) is 0 Å². The zero-order valence-corrected chi connectivity index (χ0v) is 11.5. The highest BCUT2D eigenvalue weighted by Gasteiger charge is 2.37. The van der Waals surface area contributed by atoms with Gasteiger partial charge >= 0.3 is 6.18 Å². The third-order valence-corrected chi connectivity index (χ3v) is 2.53. The molecule has 20 heavy (non-hydrogen) atoms. The van der Waals surface area contributed by atoms with E-state index in [4.69, 9.17) is 28.3 Å². The largest absolute Gasteiger partial charge is 0.504 e. The van der Waals surface area contributed by atoms with Gasteiger partial charge in [0.1, 0.15) is 0 Å². The SMILES string of the molecule is CC(=O)C(C=Nc1cc(Cl)cc(Cl)c1)=C(O)C(F)(F)F. The molecule has 8 heteroatoms. The molecule has 0 saturated heterocycles. The van der Waals surface area contributed by atoms with Gasteiger partial charge in [-0.05, 0) is 25.1 Å². The number of Topliss-reactive ketones (excluding diaryl/α,β-unsaturated/α-hetero) is 1. The van der Waals surface area contributed by atoms with E-state index in [0.29, 0.717) is 6.21 Å². The monoisotopic (exact) mass is 325 g/mol. The van der Waals surface area contributed by atoms with Crippen LogP contribution in [0.25, 0.3) is 0 Å². The van der Waals surface area contributed by atoms with Crippen molar-refractivity contribution < 1.29 is 23.1 Å². The Morgan fingerprint density at radius 1 is 1.25 bits per heavy atom. The van der Waals surface area contributed by atoms with Gasteiger partial charge in [0.05, 0.1) is 11.3 Å². The summed E-state index contributed by atoms with van der Waals surface area (Å²) >= 11 is 11.4. The van der Waals surface area contributed by atoms with Crippen molar-refractivity contribution in [2.45, 2.75) is 13.1 Å². The van der Waals surface area contributed by atoms with Gasteiger partial charge in [-0.15, -0.1) is 0 Å². The molecule has 0 aliphatic carbocycles. The minimum absolute atomic E-state index is 0.149. The Kier molecular flexibility index (Phi) is 5.19. The Morgan fingerprint density at radius 2 is 1.75 bits per heavy atom. The lowest BCUT2D eigenvalue weighted by molar-refractivity contribution is -0.125. The standard InChI is InChI=1S/C12H8Cl2F3NO2/c1-6(19)10(11(20)12(15,16)17)5-18-9-3-7(13)2-8(14)4-9/h2-5,20H,1H3. The maximum absolute atomic E-state index is 12.3. The highest BCUT2D eigenvalue weighted by molar-refractivity contribution is 6.35. The summed E-state index contributed by atoms with van der Waals surface area (Å²) in [4.78, 5) is 14.8. The van der Waals surface area contributed by atoms with E-state index in [-0.39, 0.29) is 15.7 Å². The highest BCUT2D eigenvalue weighted by atomic mass is 35.5. The van der Waals surface area contributed by atoms with Crippen molar-refractivity contribution in [1.82, 2.24) is 0 Å². The average Bonchev–Trinajstić information content (AvgIpc) is 2.25. The molecule has 3 nitrogen and oxygen atoms in total. The fourth-order valence-corrected chi connectivity index (χ4v) is 1.74. The molecule has 1 rings (SSSR count). The number of halogens is 5. The first-order valence-corrected chi connectivity index (χ1v) is 5.88. The van der Waals surface area contributed by atoms with E-state index in [1.54, 1.807) is 0 Å². The van der Waals surface area contributed by atoms with E-state index in [2.05, 4.69) is 4.99 Å². The van der Waals surface area contributed by atoms with E-state index in [9.17, 15) is 18.0 Å². The number of allylic oxidation sites excluding steroid dienone is 2. The second kappa shape index (κ2) is 6.28. The van der Waals surface area contributed by atoms with E-state index in [0.717, 1.165) is 6.92 Å². The van der Waals surface area contributed by atoms with Crippen molar-refractivity contribution in [2.24, 2.45) is 4.99 Å². The highest BCUT2D eigenvalue weighted by Crippen LogP contribution is 2.27. The topological polar surface area (TPSA) is 49.7 Å². The van der Waals surface area contributed by atoms with Crippen molar-refractivity contribution in [2.75, 3.05) is 0 Å². The molecule has 1 N–H and O–H groups in total. The Balaban J connectivity index is 3.21. The smallest absolute Gasteiger partial charge is 0.449 e. The predicted octanol–water partition coefficient (Wildman–Crippen LogP) is 4.66. The molecule has 0 atom stereocenters. The zero-order valence-electron chi connectivity index (χ0n) is 10.0. The Labute approximate surface area is 122 Å². The van der Waals surface area contributed by atoms with Gasteiger partial charge < -0.3 is 5.11 Å². The number of hydrogen-bond acceptors (Lipinski definition) is 3. The van der Waals surface area contributed by atoms with Crippen molar-refractivity contribution >= 4 is 40.9 Å². The molecule has 0 heterocycles. The van der Waals surface area contributed by atoms with Gasteiger partial charge in [-0.25, -0.2) is 0 Å². The van der Waals surface area contributed by atoms with Gasteiger partial charge in [-0.2, -0.15) is 13.2 Å². The van der Waals surface area contributed by atoms with Crippen molar-refractivity contribution in [1.29, 1.82) is 0 Å². The van der Waals surface area contributed by atoms with Gasteiger partial charge in [0.15, 0.2) is 5.78 Å². The van der Waals surface area contributed by atoms with E-state index >= 15 is 0 Å². The number of aliphatic hydroxyl groups excluding tert-OH is 1. The third kappa shape index (κ3) is 4.54. The summed E-state index contributed by atoms with van der Waals surface area (Å²) in [5, 5.41) is 9.46. The summed E-state index contributed by atoms with van der Waals surface area (Å²) in [6.45, 7) is 0.883. The average molecular weight is 326 g/mol. The molecule has 0 aliphatic rings. The van der Waals surface area contributed by atoms with E-state index < -0.39 is 23.3 Å². The first-order valence-electron chi connectivity index (χ1n) is 5.13. The molecule has 0 amide bonds. The second-order valence-corrected chi connectivity index (χ2v) is 4.57. The number of aliphatic hydroxyl groups is 1. The molecule has 108 valence electrons. The fourth-order valence-electron chi connectivity index (χ4n) is 1.22. The molecule has 0 aliphatic heterocycles. The van der Waals surface area contributed by atoms with Crippen molar-refractivity contribution in [3.63, 3.8) is 0 Å². The number of nitrogens with zero attached hydrogens (tertiary/aromatic N) is 1. The molecule has 0 bridgehead atoms. The maximum atomic E-state index is 12.3. The lowest BCUT2D eigenvalue weighted by atomic mass is 10.1. The first kappa shape index (κ1) is 16.5. The van der Waals surface area contributed by atoms with Crippen LogP contribution in [0.2, 0.25) is 10.0 Å². The molecule has 1 aromatic rings. The normalized spacial score (nSPS) is 13.5. The van der Waals surface area contributed by atoms with Gasteiger partial charge in [0.25, 0.3) is 0 Å². The summed E-state index contributed by atoms with van der Waals surface area (Å²) in [7, 11) is 0. The van der Waals surface area contributed by atoms with Gasteiger partial charge in [-0.3, -0.25) is 9.79 Å². The van der Waals surface area contributed by atoms with Crippen LogP contribution in [-0.2, 0) is 4.79 Å². The summed E-state index contributed by atoms with van der Waals surface area (Å²) in [5.41, 5.74) is -0.801. The molecule has 1 aromatic carbocycles. The lowest BCUT2D eigenvalue weighted by Gasteiger charge is -2.07. The summed E-state index contributed by atoms with van der Waals surface area (Å²) < 4.78 is 37.0. The summed E-state index contributed by atoms with van der Waals surface area (Å²) in [5.74, 6) is -2.97. The Hall–Kier alpha value is -1.53. The van der Waals surface area contributed by atoms with Gasteiger partial charge in [-0.1, -0.05) is 23.2 Å². The molecule has 0 saturated carbocycles. The number of carbonyl (C=O) groups is 1. The minimum Gasteiger partial charge on any atom is -0.504 e. The summed E-state index contributed by atoms with van der Waals surface area (Å²) in [6.07, 6.45) is -4.41. The van der Waals surface area contributed by atoms with Crippen molar-refractivity contribution in [3.05, 3.63) is 39.6 Å². The Morgan fingerprint density at radius 3 is 2.15 bits per heavy atom. The number of carbonyl (C=O) groups excluding carboxylic acids is 1. The number of aliphatic imine (C=N–C) groups is 1. The number of benzene rings is 1. The number of ketones is 1. The molecule has 0 fully saturated rings. The van der Waals surface area contributed by atoms with Crippen LogP contribution in [0.5, 0.6) is 0 Å². The summed E-state index contributed by atoms with van der Waals surface area (Å²) in [6, 6.07) is 4.09. The van der Waals surface area contributed by atoms with Crippen molar-refractivity contribution in [3.8, 4) is 0 Å². The minimum atomic E-state index is -5.03. The van der Waals surface area contributed by atoms with Crippen LogP contribution in [0, 0.1) is 0 Å². The predicted molar refractivity (Wildman–Crippen MR) is 71.0 cm³/mol. The van der Waals surface area contributed by atoms with Crippen LogP contribution in [0.15, 0.2) is 34.5 Å². The second-order valence-electron chi connectivity index (χ2n) is 3.70. The van der Waals surface area contributed by atoms with Crippen LogP contribution in [0.1, 0.15) is 6.92 Å². The van der Waals surface area contributed by atoms with E-state index in [1.165, 1.54) is 18.2 Å². The van der Waals surface area contributed by atoms with Gasteiger partial charge in [0, 0.05) is 16.3 Å². The molecular weight excluding hydrogens is 318 g/mol. The molecule has 0 aromatic heterocycles. The van der Waals surface area contributed by atoms with Crippen LogP contribution >= 0.6 is 23.2 Å². The molecule has 0 radical (unpaired) electrons. The molecule has 0 unspecified atom stereocenters. The molecular formula is C12H8Cl2F3NO2. The number of rotatable bonds is 3. The quantitative estimate of drug-likeness (QED) is 0.499. The third-order valence-electron chi connectivity index (χ3n) is 2.09. The van der Waals surface area contributed by atoms with E-state index in [1.807, 2.05) is 0 Å². The zero-order chi connectivity index (χ0) is 15.5. The fraction of sp³-hybridized carbons (Fsp3) is 0.167. The maximum Gasteiger partial charge on any atom is 0.449 e. The van der Waals surface area contributed by atoms with Crippen LogP contribution in [0.4, 0.5) is 18.9 Å². The number of alkyl halides is 3. The van der Waals surface area contributed by atoms with Crippen LogP contribution in [-0.4, -0.2) is 23.3 Å². The number of hydrogen-bond donors (Lipinski definition) is 1. The Bertz CT molecular complexity index is 575.